The average molecular weight is 279 g/mol. The predicted molar refractivity (Wildman–Crippen MR) is 51.9 cm³/mol. The molecule has 0 aliphatic carbocycles. The maximum absolute atomic E-state index is 11.0. The van der Waals surface area contributed by atoms with Crippen LogP contribution in [-0.2, 0) is 4.79 Å². The van der Waals surface area contributed by atoms with Gasteiger partial charge in [-0.05, 0) is 22.6 Å². The molecule has 0 aliphatic rings. The fraction of sp³-hybridized carbons (Fsp3) is 0.167. The number of H-pyrrole nitrogens is 1. The molecule has 0 radical (unpaired) electrons. The van der Waals surface area contributed by atoms with Gasteiger partial charge in [0, 0.05) is 13.1 Å². The molecule has 6 heteroatoms. The van der Waals surface area contributed by atoms with Gasteiger partial charge in [0.05, 0.1) is 3.57 Å². The van der Waals surface area contributed by atoms with E-state index in [4.69, 9.17) is 0 Å². The Hall–Kier alpha value is -0.920. The van der Waals surface area contributed by atoms with Gasteiger partial charge < -0.3 is 0 Å². The number of nitrogens with one attached hydrogen (secondary N) is 2. The summed E-state index contributed by atoms with van der Waals surface area (Å²) in [5.41, 5.74) is -0.255. The Morgan fingerprint density at radius 2 is 2.42 bits per heavy atom. The zero-order valence-corrected chi connectivity index (χ0v) is 8.38. The SMILES string of the molecule is CC(=O)Nc1ncc(I)c(=O)[nH]1. The van der Waals surface area contributed by atoms with E-state index in [9.17, 15) is 9.59 Å². The highest BCUT2D eigenvalue weighted by Crippen LogP contribution is 1.96. The van der Waals surface area contributed by atoms with Crippen LogP contribution in [-0.4, -0.2) is 15.9 Å². The number of nitrogens with zero attached hydrogens (tertiary/aromatic N) is 1. The third kappa shape index (κ3) is 2.29. The summed E-state index contributed by atoms with van der Waals surface area (Å²) in [7, 11) is 0. The van der Waals surface area contributed by atoms with Gasteiger partial charge in [0.15, 0.2) is 0 Å². The lowest BCUT2D eigenvalue weighted by Gasteiger charge is -1.98. The first-order chi connectivity index (χ1) is 5.59. The summed E-state index contributed by atoms with van der Waals surface area (Å²) in [5, 5.41) is 2.36. The standard InChI is InChI=1S/C6H6IN3O2/c1-3(11)9-6-8-2-4(7)5(12)10-6/h2H,1H3,(H2,8,9,10,11,12). The molecule has 0 unspecified atom stereocenters. The minimum Gasteiger partial charge on any atom is -0.296 e. The number of amides is 1. The quantitative estimate of drug-likeness (QED) is 0.727. The first-order valence-electron chi connectivity index (χ1n) is 3.12. The lowest BCUT2D eigenvalue weighted by atomic mass is 10.6. The van der Waals surface area contributed by atoms with Gasteiger partial charge in [-0.15, -0.1) is 0 Å². The highest BCUT2D eigenvalue weighted by molar-refractivity contribution is 14.1. The fourth-order valence-corrected chi connectivity index (χ4v) is 0.884. The second kappa shape index (κ2) is 3.65. The Balaban J connectivity index is 2.97. The van der Waals surface area contributed by atoms with Crippen LogP contribution in [0.15, 0.2) is 11.0 Å². The number of rotatable bonds is 1. The third-order valence-corrected chi connectivity index (χ3v) is 1.82. The molecule has 1 rings (SSSR count). The third-order valence-electron chi connectivity index (χ3n) is 1.05. The van der Waals surface area contributed by atoms with Crippen molar-refractivity contribution < 1.29 is 4.79 Å². The van der Waals surface area contributed by atoms with Crippen LogP contribution in [0.3, 0.4) is 0 Å². The van der Waals surface area contributed by atoms with Gasteiger partial charge in [0.1, 0.15) is 0 Å². The van der Waals surface area contributed by atoms with E-state index < -0.39 is 0 Å². The Bertz CT molecular complexity index is 360. The summed E-state index contributed by atoms with van der Waals surface area (Å²) in [5.74, 6) is -0.0905. The van der Waals surface area contributed by atoms with Crippen molar-refractivity contribution in [2.75, 3.05) is 5.32 Å². The van der Waals surface area contributed by atoms with E-state index in [0.717, 1.165) is 0 Å². The van der Waals surface area contributed by atoms with Gasteiger partial charge in [0.2, 0.25) is 11.9 Å². The van der Waals surface area contributed by atoms with Crippen molar-refractivity contribution in [3.05, 3.63) is 20.1 Å². The van der Waals surface area contributed by atoms with Crippen molar-refractivity contribution in [2.24, 2.45) is 0 Å². The van der Waals surface area contributed by atoms with Crippen molar-refractivity contribution in [3.63, 3.8) is 0 Å². The molecule has 1 aromatic rings. The molecular formula is C6H6IN3O2. The van der Waals surface area contributed by atoms with Crippen LogP contribution >= 0.6 is 22.6 Å². The molecular weight excluding hydrogens is 273 g/mol. The molecule has 0 aromatic carbocycles. The molecule has 2 N–H and O–H groups in total. The topological polar surface area (TPSA) is 74.8 Å². The molecule has 12 heavy (non-hydrogen) atoms. The van der Waals surface area contributed by atoms with E-state index >= 15 is 0 Å². The number of aromatic nitrogens is 2. The van der Waals surface area contributed by atoms with Crippen molar-refractivity contribution in [3.8, 4) is 0 Å². The smallest absolute Gasteiger partial charge is 0.265 e. The molecule has 0 fully saturated rings. The lowest BCUT2D eigenvalue weighted by Crippen LogP contribution is -2.16. The highest BCUT2D eigenvalue weighted by atomic mass is 127. The molecule has 0 bridgehead atoms. The summed E-state index contributed by atoms with van der Waals surface area (Å²) in [6, 6.07) is 0. The Labute approximate surface area is 81.7 Å². The molecule has 0 saturated heterocycles. The Morgan fingerprint density at radius 1 is 1.75 bits per heavy atom. The molecule has 1 amide bonds. The van der Waals surface area contributed by atoms with Crippen molar-refractivity contribution in [1.82, 2.24) is 9.97 Å². The van der Waals surface area contributed by atoms with Crippen LogP contribution < -0.4 is 10.9 Å². The minimum absolute atomic E-state index is 0.174. The first-order valence-corrected chi connectivity index (χ1v) is 4.20. The van der Waals surface area contributed by atoms with Crippen LogP contribution in [0.5, 0.6) is 0 Å². The van der Waals surface area contributed by atoms with Crippen LogP contribution in [0.2, 0.25) is 0 Å². The van der Waals surface area contributed by atoms with Crippen molar-refractivity contribution in [1.29, 1.82) is 0 Å². The van der Waals surface area contributed by atoms with Gasteiger partial charge in [-0.1, -0.05) is 0 Å². The molecule has 1 aromatic heterocycles. The van der Waals surface area contributed by atoms with E-state index in [1.54, 1.807) is 0 Å². The second-order valence-corrected chi connectivity index (χ2v) is 3.25. The number of carbonyl (C=O) groups is 1. The summed E-state index contributed by atoms with van der Waals surface area (Å²) in [4.78, 5) is 27.7. The van der Waals surface area contributed by atoms with E-state index in [0.29, 0.717) is 3.57 Å². The number of anilines is 1. The zero-order chi connectivity index (χ0) is 9.14. The average Bonchev–Trinajstić information content (AvgIpc) is 1.96. The van der Waals surface area contributed by atoms with Gasteiger partial charge in [0.25, 0.3) is 5.56 Å². The fourth-order valence-electron chi connectivity index (χ4n) is 0.610. The highest BCUT2D eigenvalue weighted by Gasteiger charge is 1.99. The molecule has 0 atom stereocenters. The molecule has 1 heterocycles. The second-order valence-electron chi connectivity index (χ2n) is 2.09. The van der Waals surface area contributed by atoms with Crippen LogP contribution in [0.4, 0.5) is 5.95 Å². The molecule has 0 spiro atoms. The molecule has 0 saturated carbocycles. The molecule has 64 valence electrons. The van der Waals surface area contributed by atoms with E-state index in [1.807, 2.05) is 22.6 Å². The first kappa shape index (κ1) is 9.17. The number of aromatic amines is 1. The number of halogens is 1. The van der Waals surface area contributed by atoms with E-state index in [1.165, 1.54) is 13.1 Å². The van der Waals surface area contributed by atoms with Gasteiger partial charge in [-0.2, -0.15) is 0 Å². The van der Waals surface area contributed by atoms with Crippen LogP contribution in [0, 0.1) is 3.57 Å². The van der Waals surface area contributed by atoms with E-state index in [2.05, 4.69) is 15.3 Å². The summed E-state index contributed by atoms with van der Waals surface area (Å²) >= 11 is 1.86. The maximum Gasteiger partial charge on any atom is 0.265 e. The summed E-state index contributed by atoms with van der Waals surface area (Å²) in [6.45, 7) is 1.35. The Morgan fingerprint density at radius 3 is 2.92 bits per heavy atom. The largest absolute Gasteiger partial charge is 0.296 e. The number of hydrogen-bond donors (Lipinski definition) is 2. The monoisotopic (exact) mass is 279 g/mol. The van der Waals surface area contributed by atoms with Gasteiger partial charge in [-0.25, -0.2) is 4.98 Å². The Kier molecular flexibility index (Phi) is 2.79. The number of hydrogen-bond acceptors (Lipinski definition) is 3. The van der Waals surface area contributed by atoms with E-state index in [-0.39, 0.29) is 17.4 Å². The van der Waals surface area contributed by atoms with Crippen LogP contribution in [0.25, 0.3) is 0 Å². The maximum atomic E-state index is 11.0. The van der Waals surface area contributed by atoms with Crippen molar-refractivity contribution >= 4 is 34.4 Å². The summed E-state index contributed by atoms with van der Waals surface area (Å²) < 4.78 is 0.488. The van der Waals surface area contributed by atoms with Gasteiger partial charge >= 0.3 is 0 Å². The predicted octanol–water partition coefficient (Wildman–Crippen LogP) is 0.333. The zero-order valence-electron chi connectivity index (χ0n) is 6.22. The van der Waals surface area contributed by atoms with Gasteiger partial charge in [-0.3, -0.25) is 19.9 Å². The lowest BCUT2D eigenvalue weighted by molar-refractivity contribution is -0.114. The van der Waals surface area contributed by atoms with Crippen molar-refractivity contribution in [2.45, 2.75) is 6.92 Å². The normalized spacial score (nSPS) is 9.50. The minimum atomic E-state index is -0.264. The summed E-state index contributed by atoms with van der Waals surface area (Å²) in [6.07, 6.45) is 1.39. The number of carbonyl (C=O) groups excluding carboxylic acids is 1. The van der Waals surface area contributed by atoms with Crippen LogP contribution in [0.1, 0.15) is 6.92 Å². The molecule has 0 aliphatic heterocycles. The molecule has 5 nitrogen and oxygen atoms in total.